The van der Waals surface area contributed by atoms with E-state index in [0.29, 0.717) is 0 Å². The summed E-state index contributed by atoms with van der Waals surface area (Å²) in [5.74, 6) is 1.63. The normalized spacial score (nSPS) is 14.8. The van der Waals surface area contributed by atoms with Crippen molar-refractivity contribution in [3.05, 3.63) is 66.7 Å². The molecule has 4 aromatic rings. The van der Waals surface area contributed by atoms with Crippen LogP contribution in [0.15, 0.2) is 61.1 Å². The average Bonchev–Trinajstić information content (AvgIpc) is 3.17. The number of anilines is 2. The third-order valence-electron chi connectivity index (χ3n) is 5.68. The van der Waals surface area contributed by atoms with Gasteiger partial charge >= 0.3 is 0 Å². The molecular weight excluding hydrogens is 390 g/mol. The van der Waals surface area contributed by atoms with Gasteiger partial charge in [-0.1, -0.05) is 0 Å². The van der Waals surface area contributed by atoms with Crippen LogP contribution in [0.3, 0.4) is 0 Å². The highest BCUT2D eigenvalue weighted by atomic mass is 16.5. The number of imidazole rings is 1. The molecular formula is C23H25N7O. The van der Waals surface area contributed by atoms with Crippen LogP contribution in [0.4, 0.5) is 11.6 Å². The average molecular weight is 416 g/mol. The molecule has 8 nitrogen and oxygen atoms in total. The fraction of sp³-hybridized carbons (Fsp3) is 0.261. The minimum absolute atomic E-state index is 0.721. The summed E-state index contributed by atoms with van der Waals surface area (Å²) in [5.41, 5.74) is 10.9. The molecule has 1 aromatic carbocycles. The molecule has 2 N–H and O–H groups in total. The number of hydrogen-bond acceptors (Lipinski definition) is 7. The number of pyridine rings is 1. The van der Waals surface area contributed by atoms with E-state index in [0.717, 1.165) is 72.7 Å². The number of nitrogen functional groups attached to an aromatic ring is 1. The molecule has 1 aliphatic heterocycles. The molecule has 158 valence electrons. The largest absolute Gasteiger partial charge is 0.497 e. The van der Waals surface area contributed by atoms with Crippen molar-refractivity contribution in [1.82, 2.24) is 24.3 Å². The molecule has 8 heteroatoms. The van der Waals surface area contributed by atoms with Crippen LogP contribution >= 0.6 is 0 Å². The van der Waals surface area contributed by atoms with E-state index in [4.69, 9.17) is 15.5 Å². The van der Waals surface area contributed by atoms with Gasteiger partial charge in [-0.05, 0) is 42.5 Å². The zero-order chi connectivity index (χ0) is 21.2. The molecule has 0 atom stereocenters. The van der Waals surface area contributed by atoms with Crippen molar-refractivity contribution in [3.8, 4) is 17.0 Å². The summed E-state index contributed by atoms with van der Waals surface area (Å²) >= 11 is 0. The first-order valence-electron chi connectivity index (χ1n) is 10.4. The topological polar surface area (TPSA) is 84.8 Å². The summed E-state index contributed by atoms with van der Waals surface area (Å²) in [6, 6.07) is 13.7. The first-order chi connectivity index (χ1) is 15.2. The van der Waals surface area contributed by atoms with Crippen molar-refractivity contribution in [3.63, 3.8) is 0 Å². The second-order valence-corrected chi connectivity index (χ2v) is 7.64. The van der Waals surface area contributed by atoms with Gasteiger partial charge in [0.05, 0.1) is 18.5 Å². The van der Waals surface area contributed by atoms with Gasteiger partial charge in [0.25, 0.3) is 0 Å². The lowest BCUT2D eigenvalue weighted by Crippen LogP contribution is -2.46. The Kier molecular flexibility index (Phi) is 5.13. The summed E-state index contributed by atoms with van der Waals surface area (Å²) in [6.07, 6.45) is 5.54. The number of hydrogen-bond donors (Lipinski definition) is 1. The highest BCUT2D eigenvalue weighted by Crippen LogP contribution is 2.28. The van der Waals surface area contributed by atoms with Gasteiger partial charge in [0.1, 0.15) is 11.4 Å². The van der Waals surface area contributed by atoms with Gasteiger partial charge < -0.3 is 19.8 Å². The first-order valence-corrected chi connectivity index (χ1v) is 10.4. The van der Waals surface area contributed by atoms with Gasteiger partial charge in [0.2, 0.25) is 5.95 Å². The zero-order valence-corrected chi connectivity index (χ0v) is 17.5. The molecule has 1 aliphatic rings. The van der Waals surface area contributed by atoms with E-state index < -0.39 is 0 Å². The minimum atomic E-state index is 0.721. The van der Waals surface area contributed by atoms with Crippen LogP contribution < -0.4 is 15.4 Å². The van der Waals surface area contributed by atoms with Crippen LogP contribution in [0.25, 0.3) is 16.9 Å². The van der Waals surface area contributed by atoms with Crippen LogP contribution in [0, 0.1) is 0 Å². The Morgan fingerprint density at radius 1 is 0.968 bits per heavy atom. The van der Waals surface area contributed by atoms with Gasteiger partial charge in [-0.15, -0.1) is 0 Å². The maximum absolute atomic E-state index is 6.10. The highest BCUT2D eigenvalue weighted by molar-refractivity contribution is 5.68. The summed E-state index contributed by atoms with van der Waals surface area (Å²) in [7, 11) is 1.67. The molecule has 3 aromatic heterocycles. The third kappa shape index (κ3) is 3.89. The van der Waals surface area contributed by atoms with E-state index >= 15 is 0 Å². The van der Waals surface area contributed by atoms with Crippen LogP contribution in [0.1, 0.15) is 5.69 Å². The summed E-state index contributed by atoms with van der Waals surface area (Å²) < 4.78 is 7.43. The number of rotatable bonds is 5. The van der Waals surface area contributed by atoms with Crippen molar-refractivity contribution < 1.29 is 4.74 Å². The Morgan fingerprint density at radius 3 is 2.42 bits per heavy atom. The fourth-order valence-electron chi connectivity index (χ4n) is 4.01. The maximum atomic E-state index is 6.10. The molecule has 0 saturated carbocycles. The lowest BCUT2D eigenvalue weighted by atomic mass is 10.1. The zero-order valence-electron chi connectivity index (χ0n) is 17.5. The van der Waals surface area contributed by atoms with E-state index in [1.54, 1.807) is 19.5 Å². The SMILES string of the molecule is COc1ccc(-c2nc3ccc(N)cn3c2CN2CCN(c3ncccn3)CC2)cc1. The van der Waals surface area contributed by atoms with Crippen molar-refractivity contribution in [2.45, 2.75) is 6.54 Å². The van der Waals surface area contributed by atoms with Crippen molar-refractivity contribution >= 4 is 17.3 Å². The molecule has 5 rings (SSSR count). The number of benzene rings is 1. The van der Waals surface area contributed by atoms with E-state index in [1.165, 1.54) is 0 Å². The Bertz CT molecular complexity index is 1170. The number of methoxy groups -OCH3 is 1. The second-order valence-electron chi connectivity index (χ2n) is 7.64. The van der Waals surface area contributed by atoms with E-state index in [1.807, 2.05) is 36.5 Å². The first kappa shape index (κ1) is 19.3. The minimum Gasteiger partial charge on any atom is -0.497 e. The van der Waals surface area contributed by atoms with E-state index in [-0.39, 0.29) is 0 Å². The molecule has 4 heterocycles. The second kappa shape index (κ2) is 8.23. The van der Waals surface area contributed by atoms with Crippen molar-refractivity contribution in [1.29, 1.82) is 0 Å². The Labute approximate surface area is 180 Å². The maximum Gasteiger partial charge on any atom is 0.225 e. The summed E-state index contributed by atoms with van der Waals surface area (Å²) in [5, 5.41) is 0. The van der Waals surface area contributed by atoms with Crippen molar-refractivity contribution in [2.75, 3.05) is 43.9 Å². The molecule has 0 radical (unpaired) electrons. The monoisotopic (exact) mass is 415 g/mol. The molecule has 1 saturated heterocycles. The standard InChI is InChI=1S/C23H25N7O/c1-31-19-6-3-17(4-7-19)22-20(30-15-18(24)5-8-21(30)27-22)16-28-11-13-29(14-12-28)23-25-9-2-10-26-23/h2-10,15H,11-14,16,24H2,1H3. The van der Waals surface area contributed by atoms with Gasteiger partial charge in [0.15, 0.2) is 0 Å². The van der Waals surface area contributed by atoms with Gasteiger partial charge in [-0.3, -0.25) is 4.90 Å². The highest BCUT2D eigenvalue weighted by Gasteiger charge is 2.22. The fourth-order valence-corrected chi connectivity index (χ4v) is 4.01. The van der Waals surface area contributed by atoms with Gasteiger partial charge in [-0.2, -0.15) is 0 Å². The number of fused-ring (bicyclic) bond motifs is 1. The van der Waals surface area contributed by atoms with Crippen LogP contribution in [0.5, 0.6) is 5.75 Å². The predicted molar refractivity (Wildman–Crippen MR) is 121 cm³/mol. The number of ether oxygens (including phenoxy) is 1. The van der Waals surface area contributed by atoms with E-state index in [2.05, 4.69) is 36.3 Å². The van der Waals surface area contributed by atoms with Gasteiger partial charge in [-0.25, -0.2) is 15.0 Å². The summed E-state index contributed by atoms with van der Waals surface area (Å²) in [4.78, 5) is 18.3. The number of nitrogens with two attached hydrogens (primary N) is 1. The Morgan fingerprint density at radius 2 is 1.71 bits per heavy atom. The van der Waals surface area contributed by atoms with Crippen LogP contribution in [-0.4, -0.2) is 57.5 Å². The number of piperazine rings is 1. The number of nitrogens with zero attached hydrogens (tertiary/aromatic N) is 6. The molecule has 0 bridgehead atoms. The van der Waals surface area contributed by atoms with Crippen molar-refractivity contribution in [2.24, 2.45) is 0 Å². The summed E-state index contributed by atoms with van der Waals surface area (Å²) in [6.45, 7) is 4.42. The Balaban J connectivity index is 1.42. The number of aromatic nitrogens is 4. The Hall–Kier alpha value is -3.65. The van der Waals surface area contributed by atoms with Crippen LogP contribution in [0.2, 0.25) is 0 Å². The molecule has 0 amide bonds. The quantitative estimate of drug-likeness (QED) is 0.536. The molecule has 0 spiro atoms. The smallest absolute Gasteiger partial charge is 0.225 e. The van der Waals surface area contributed by atoms with E-state index in [9.17, 15) is 0 Å². The molecule has 0 unspecified atom stereocenters. The van der Waals surface area contributed by atoms with Crippen LogP contribution in [-0.2, 0) is 6.54 Å². The molecule has 0 aliphatic carbocycles. The third-order valence-corrected chi connectivity index (χ3v) is 5.68. The lowest BCUT2D eigenvalue weighted by Gasteiger charge is -2.34. The predicted octanol–water partition coefficient (Wildman–Crippen LogP) is 2.70. The lowest BCUT2D eigenvalue weighted by molar-refractivity contribution is 0.245. The molecule has 31 heavy (non-hydrogen) atoms. The van der Waals surface area contributed by atoms with Gasteiger partial charge in [0, 0.05) is 62.6 Å². The molecule has 1 fully saturated rings.